The van der Waals surface area contributed by atoms with E-state index < -0.39 is 12.5 Å². The Hall–Kier alpha value is 0.110. The molecule has 0 aromatic rings. The van der Waals surface area contributed by atoms with Gasteiger partial charge >= 0.3 is 0 Å². The molecular weight excluding hydrogens is 136 g/mol. The molecule has 0 saturated heterocycles. The van der Waals surface area contributed by atoms with Crippen LogP contribution in [0.3, 0.4) is 0 Å². The normalized spacial score (nSPS) is 13.1. The highest BCUT2D eigenvalue weighted by Crippen LogP contribution is 1.99. The highest BCUT2D eigenvalue weighted by atomic mass is 35.5. The summed E-state index contributed by atoms with van der Waals surface area (Å²) in [5, 5.41) is 0. The SMILES string of the molecule is CC[C@H](N)C(F)F.Cl. The summed E-state index contributed by atoms with van der Waals surface area (Å²) in [5.41, 5.74) is 4.87. The fraction of sp³-hybridized carbons (Fsp3) is 1.00. The van der Waals surface area contributed by atoms with Gasteiger partial charge in [0.05, 0.1) is 6.04 Å². The second-order valence-electron chi connectivity index (χ2n) is 1.41. The number of rotatable bonds is 2. The zero-order valence-electron chi connectivity index (χ0n) is 4.60. The molecule has 1 atom stereocenters. The first-order chi connectivity index (χ1) is 3.18. The van der Waals surface area contributed by atoms with Gasteiger partial charge in [-0.05, 0) is 6.42 Å². The van der Waals surface area contributed by atoms with Gasteiger partial charge in [0.25, 0.3) is 6.43 Å². The average Bonchev–Trinajstić information content (AvgIpc) is 1.65. The van der Waals surface area contributed by atoms with Crippen LogP contribution < -0.4 is 5.73 Å². The molecule has 0 rings (SSSR count). The molecule has 0 heterocycles. The van der Waals surface area contributed by atoms with Crippen LogP contribution >= 0.6 is 12.4 Å². The third kappa shape index (κ3) is 4.27. The van der Waals surface area contributed by atoms with Crippen LogP contribution in [-0.4, -0.2) is 12.5 Å². The van der Waals surface area contributed by atoms with E-state index in [0.29, 0.717) is 6.42 Å². The number of hydrogen-bond donors (Lipinski definition) is 1. The zero-order valence-corrected chi connectivity index (χ0v) is 5.42. The molecular formula is C4H10ClF2N. The minimum absolute atomic E-state index is 0. The summed E-state index contributed by atoms with van der Waals surface area (Å²) in [5.74, 6) is 0. The molecule has 0 aromatic carbocycles. The zero-order chi connectivity index (χ0) is 5.86. The van der Waals surface area contributed by atoms with E-state index in [-0.39, 0.29) is 12.4 Å². The van der Waals surface area contributed by atoms with E-state index in [4.69, 9.17) is 5.73 Å². The second kappa shape index (κ2) is 5.25. The van der Waals surface area contributed by atoms with E-state index in [2.05, 4.69) is 0 Å². The molecule has 4 heteroatoms. The third-order valence-electron chi connectivity index (χ3n) is 0.795. The Morgan fingerprint density at radius 2 is 1.88 bits per heavy atom. The molecule has 0 aromatic heterocycles. The molecule has 0 aliphatic rings. The molecule has 0 aliphatic heterocycles. The number of halogens is 3. The Balaban J connectivity index is 0. The minimum Gasteiger partial charge on any atom is -0.323 e. The predicted octanol–water partition coefficient (Wildman–Crippen LogP) is 1.41. The smallest absolute Gasteiger partial charge is 0.253 e. The molecule has 0 amide bonds. The molecule has 8 heavy (non-hydrogen) atoms. The molecule has 0 fully saturated rings. The van der Waals surface area contributed by atoms with Crippen LogP contribution in [0.5, 0.6) is 0 Å². The Morgan fingerprint density at radius 1 is 1.50 bits per heavy atom. The summed E-state index contributed by atoms with van der Waals surface area (Å²) in [6.45, 7) is 1.64. The van der Waals surface area contributed by atoms with Crippen molar-refractivity contribution in [2.45, 2.75) is 25.8 Å². The summed E-state index contributed by atoms with van der Waals surface area (Å²) in [6, 6.07) is -0.931. The van der Waals surface area contributed by atoms with Crippen LogP contribution in [0, 0.1) is 0 Å². The first-order valence-electron chi connectivity index (χ1n) is 2.22. The van der Waals surface area contributed by atoms with Crippen LogP contribution in [0.25, 0.3) is 0 Å². The van der Waals surface area contributed by atoms with Gasteiger partial charge in [0.2, 0.25) is 0 Å². The third-order valence-corrected chi connectivity index (χ3v) is 0.795. The van der Waals surface area contributed by atoms with Gasteiger partial charge in [-0.1, -0.05) is 6.92 Å². The molecule has 1 nitrogen and oxygen atoms in total. The highest BCUT2D eigenvalue weighted by molar-refractivity contribution is 5.85. The monoisotopic (exact) mass is 145 g/mol. The molecule has 52 valence electrons. The first-order valence-corrected chi connectivity index (χ1v) is 2.22. The maximum atomic E-state index is 11.3. The van der Waals surface area contributed by atoms with Crippen molar-refractivity contribution in [3.05, 3.63) is 0 Å². The van der Waals surface area contributed by atoms with Crippen molar-refractivity contribution in [1.29, 1.82) is 0 Å². The van der Waals surface area contributed by atoms with Gasteiger partial charge in [-0.3, -0.25) is 0 Å². The maximum Gasteiger partial charge on any atom is 0.253 e. The van der Waals surface area contributed by atoms with Crippen LogP contribution in [0.1, 0.15) is 13.3 Å². The first kappa shape index (κ1) is 11.0. The Morgan fingerprint density at radius 3 is 1.88 bits per heavy atom. The lowest BCUT2D eigenvalue weighted by atomic mass is 10.3. The van der Waals surface area contributed by atoms with Gasteiger partial charge in [-0.25, -0.2) is 8.78 Å². The van der Waals surface area contributed by atoms with Crippen molar-refractivity contribution in [2.24, 2.45) is 5.73 Å². The molecule has 0 bridgehead atoms. The van der Waals surface area contributed by atoms with Crippen molar-refractivity contribution in [3.63, 3.8) is 0 Å². The van der Waals surface area contributed by atoms with Crippen LogP contribution in [-0.2, 0) is 0 Å². The fourth-order valence-corrected chi connectivity index (χ4v) is 0.178. The Labute approximate surface area is 53.7 Å². The van der Waals surface area contributed by atoms with Gasteiger partial charge in [0.1, 0.15) is 0 Å². The van der Waals surface area contributed by atoms with E-state index in [0.717, 1.165) is 0 Å². The highest BCUT2D eigenvalue weighted by Gasteiger charge is 2.10. The van der Waals surface area contributed by atoms with Crippen molar-refractivity contribution in [2.75, 3.05) is 0 Å². The van der Waals surface area contributed by atoms with E-state index in [1.807, 2.05) is 0 Å². The fourth-order valence-electron chi connectivity index (χ4n) is 0.178. The minimum atomic E-state index is -2.36. The summed E-state index contributed by atoms with van der Waals surface area (Å²) in [7, 11) is 0. The predicted molar refractivity (Wildman–Crippen MR) is 31.5 cm³/mol. The summed E-state index contributed by atoms with van der Waals surface area (Å²) in [4.78, 5) is 0. The van der Waals surface area contributed by atoms with E-state index in [1.54, 1.807) is 6.92 Å². The quantitative estimate of drug-likeness (QED) is 0.625. The summed E-state index contributed by atoms with van der Waals surface area (Å²) < 4.78 is 22.6. The lowest BCUT2D eigenvalue weighted by molar-refractivity contribution is 0.114. The lowest BCUT2D eigenvalue weighted by Crippen LogP contribution is -2.27. The van der Waals surface area contributed by atoms with Crippen molar-refractivity contribution >= 4 is 12.4 Å². The van der Waals surface area contributed by atoms with Gasteiger partial charge in [0.15, 0.2) is 0 Å². The van der Waals surface area contributed by atoms with Gasteiger partial charge in [0, 0.05) is 0 Å². The second-order valence-corrected chi connectivity index (χ2v) is 1.41. The van der Waals surface area contributed by atoms with Crippen molar-refractivity contribution in [1.82, 2.24) is 0 Å². The average molecular weight is 146 g/mol. The topological polar surface area (TPSA) is 26.0 Å². The van der Waals surface area contributed by atoms with E-state index >= 15 is 0 Å². The van der Waals surface area contributed by atoms with Crippen molar-refractivity contribution < 1.29 is 8.78 Å². The van der Waals surface area contributed by atoms with Gasteiger partial charge in [-0.2, -0.15) is 0 Å². The number of alkyl halides is 2. The molecule has 0 saturated carbocycles. The van der Waals surface area contributed by atoms with Gasteiger partial charge in [-0.15, -0.1) is 12.4 Å². The van der Waals surface area contributed by atoms with Crippen LogP contribution in [0.4, 0.5) is 8.78 Å². The van der Waals surface area contributed by atoms with E-state index in [9.17, 15) is 8.78 Å². The maximum absolute atomic E-state index is 11.3. The Kier molecular flexibility index (Phi) is 7.21. The van der Waals surface area contributed by atoms with Crippen molar-refractivity contribution in [3.8, 4) is 0 Å². The molecule has 2 N–H and O–H groups in total. The molecule has 0 spiro atoms. The summed E-state index contributed by atoms with van der Waals surface area (Å²) >= 11 is 0. The number of hydrogen-bond acceptors (Lipinski definition) is 1. The standard InChI is InChI=1S/C4H9F2N.ClH/c1-2-3(7)4(5)6;/h3-4H,2,7H2,1H3;1H/t3-;/m0./s1. The lowest BCUT2D eigenvalue weighted by Gasteiger charge is -2.03. The molecule has 0 radical (unpaired) electrons. The largest absolute Gasteiger partial charge is 0.323 e. The van der Waals surface area contributed by atoms with Crippen LogP contribution in [0.15, 0.2) is 0 Å². The number of nitrogens with two attached hydrogens (primary N) is 1. The van der Waals surface area contributed by atoms with E-state index in [1.165, 1.54) is 0 Å². The summed E-state index contributed by atoms with van der Waals surface area (Å²) in [6.07, 6.45) is -2.01. The van der Waals surface area contributed by atoms with Crippen LogP contribution in [0.2, 0.25) is 0 Å². The Bertz CT molecular complexity index is 51.3. The van der Waals surface area contributed by atoms with Gasteiger partial charge < -0.3 is 5.73 Å². The molecule has 0 unspecified atom stereocenters. The molecule has 0 aliphatic carbocycles.